The molecule has 6 nitrogen and oxygen atoms in total. The number of halogens is 1. The Bertz CT molecular complexity index is 824. The van der Waals surface area contributed by atoms with Crippen LogP contribution < -0.4 is 10.0 Å². The van der Waals surface area contributed by atoms with Crippen molar-refractivity contribution in [3.05, 3.63) is 59.9 Å². The maximum atomic E-state index is 13.6. The normalized spacial score (nSPS) is 11.1. The fraction of sp³-hybridized carbons (Fsp3) is 0.188. The molecule has 0 spiro atoms. The summed E-state index contributed by atoms with van der Waals surface area (Å²) in [7, 11) is -2.50. The highest BCUT2D eigenvalue weighted by atomic mass is 32.2. The lowest BCUT2D eigenvalue weighted by molar-refractivity contribution is 0.0937. The van der Waals surface area contributed by atoms with Crippen LogP contribution in [0.4, 0.5) is 10.1 Å². The van der Waals surface area contributed by atoms with Gasteiger partial charge in [-0.1, -0.05) is 18.2 Å². The average Bonchev–Trinajstić information content (AvgIpc) is 2.57. The molecule has 0 saturated carbocycles. The van der Waals surface area contributed by atoms with E-state index in [2.05, 4.69) is 10.0 Å². The van der Waals surface area contributed by atoms with E-state index in [1.165, 1.54) is 49.6 Å². The quantitative estimate of drug-likeness (QED) is 0.747. The second-order valence-corrected chi connectivity index (χ2v) is 6.54. The number of carbonyl (C=O) groups is 1. The van der Waals surface area contributed by atoms with Gasteiger partial charge in [0.2, 0.25) is 0 Å². The molecule has 128 valence electrons. The molecule has 0 aliphatic heterocycles. The molecule has 0 fully saturated rings. The monoisotopic (exact) mass is 352 g/mol. The third kappa shape index (κ3) is 4.53. The number of para-hydroxylation sites is 1. The van der Waals surface area contributed by atoms with Crippen molar-refractivity contribution in [3.63, 3.8) is 0 Å². The largest absolute Gasteiger partial charge is 0.383 e. The van der Waals surface area contributed by atoms with Gasteiger partial charge in [0, 0.05) is 19.2 Å². The van der Waals surface area contributed by atoms with Crippen LogP contribution in [-0.4, -0.2) is 34.6 Å². The number of benzene rings is 2. The number of nitrogens with one attached hydrogen (secondary N) is 2. The highest BCUT2D eigenvalue weighted by Crippen LogP contribution is 2.19. The van der Waals surface area contributed by atoms with E-state index in [0.717, 1.165) is 6.07 Å². The third-order valence-corrected chi connectivity index (χ3v) is 4.48. The molecular weight excluding hydrogens is 335 g/mol. The Labute approximate surface area is 139 Å². The van der Waals surface area contributed by atoms with Crippen molar-refractivity contribution in [3.8, 4) is 0 Å². The van der Waals surface area contributed by atoms with Crippen molar-refractivity contribution < 1.29 is 22.3 Å². The summed E-state index contributed by atoms with van der Waals surface area (Å²) in [6, 6.07) is 10.9. The Kier molecular flexibility index (Phi) is 5.88. The topological polar surface area (TPSA) is 84.5 Å². The van der Waals surface area contributed by atoms with Crippen molar-refractivity contribution in [2.75, 3.05) is 25.0 Å². The van der Waals surface area contributed by atoms with Crippen LogP contribution in [0.5, 0.6) is 0 Å². The Morgan fingerprint density at radius 2 is 1.92 bits per heavy atom. The van der Waals surface area contributed by atoms with Crippen LogP contribution in [-0.2, 0) is 14.8 Å². The van der Waals surface area contributed by atoms with E-state index in [0.29, 0.717) is 13.2 Å². The van der Waals surface area contributed by atoms with Crippen LogP contribution in [0.3, 0.4) is 0 Å². The predicted octanol–water partition coefficient (Wildman–Crippen LogP) is 2.00. The second kappa shape index (κ2) is 7.89. The molecule has 0 aliphatic rings. The van der Waals surface area contributed by atoms with Gasteiger partial charge >= 0.3 is 0 Å². The SMILES string of the molecule is COCCNC(=O)c1cccc(S(=O)(=O)Nc2ccccc2F)c1. The van der Waals surface area contributed by atoms with E-state index < -0.39 is 21.7 Å². The molecule has 0 atom stereocenters. The molecule has 0 radical (unpaired) electrons. The number of sulfonamides is 1. The zero-order chi connectivity index (χ0) is 17.6. The fourth-order valence-electron chi connectivity index (χ4n) is 1.92. The first-order valence-electron chi connectivity index (χ1n) is 7.08. The smallest absolute Gasteiger partial charge is 0.262 e. The Morgan fingerprint density at radius 1 is 1.17 bits per heavy atom. The van der Waals surface area contributed by atoms with Gasteiger partial charge in [-0.3, -0.25) is 9.52 Å². The highest BCUT2D eigenvalue weighted by Gasteiger charge is 2.17. The van der Waals surface area contributed by atoms with Gasteiger partial charge in [-0.2, -0.15) is 0 Å². The number of methoxy groups -OCH3 is 1. The minimum atomic E-state index is -4.01. The molecule has 0 unspecified atom stereocenters. The summed E-state index contributed by atoms with van der Waals surface area (Å²) >= 11 is 0. The van der Waals surface area contributed by atoms with Gasteiger partial charge in [-0.15, -0.1) is 0 Å². The number of hydrogen-bond acceptors (Lipinski definition) is 4. The lowest BCUT2D eigenvalue weighted by Crippen LogP contribution is -2.27. The van der Waals surface area contributed by atoms with E-state index in [-0.39, 0.29) is 16.1 Å². The molecule has 0 aliphatic carbocycles. The summed E-state index contributed by atoms with van der Waals surface area (Å²) in [5, 5.41) is 2.60. The molecular formula is C16H17FN2O4S. The standard InChI is InChI=1S/C16H17FN2O4S/c1-23-10-9-18-16(20)12-5-4-6-13(11-12)24(21,22)19-15-8-3-2-7-14(15)17/h2-8,11,19H,9-10H2,1H3,(H,18,20). The zero-order valence-electron chi connectivity index (χ0n) is 13.0. The van der Waals surface area contributed by atoms with Crippen LogP contribution >= 0.6 is 0 Å². The number of carbonyl (C=O) groups excluding carboxylic acids is 1. The van der Waals surface area contributed by atoms with Crippen molar-refractivity contribution in [2.45, 2.75) is 4.90 Å². The molecule has 2 aromatic rings. The lowest BCUT2D eigenvalue weighted by atomic mass is 10.2. The van der Waals surface area contributed by atoms with Crippen LogP contribution in [0.2, 0.25) is 0 Å². The van der Waals surface area contributed by atoms with E-state index in [1.54, 1.807) is 0 Å². The van der Waals surface area contributed by atoms with Crippen molar-refractivity contribution in [1.82, 2.24) is 5.32 Å². The highest BCUT2D eigenvalue weighted by molar-refractivity contribution is 7.92. The van der Waals surface area contributed by atoms with E-state index in [9.17, 15) is 17.6 Å². The summed E-state index contributed by atoms with van der Waals surface area (Å²) in [5.41, 5.74) is 0.0231. The Balaban J connectivity index is 2.20. The third-order valence-electron chi connectivity index (χ3n) is 3.12. The molecule has 2 N–H and O–H groups in total. The number of rotatable bonds is 7. The summed E-state index contributed by atoms with van der Waals surface area (Å²) in [5.74, 6) is -1.11. The molecule has 2 rings (SSSR count). The number of ether oxygens (including phenoxy) is 1. The van der Waals surface area contributed by atoms with Gasteiger partial charge < -0.3 is 10.1 Å². The Morgan fingerprint density at radius 3 is 2.62 bits per heavy atom. The molecule has 2 aromatic carbocycles. The van der Waals surface area contributed by atoms with Gasteiger partial charge in [0.25, 0.3) is 15.9 Å². The van der Waals surface area contributed by atoms with Crippen LogP contribution in [0.15, 0.2) is 53.4 Å². The second-order valence-electron chi connectivity index (χ2n) is 4.86. The molecule has 0 saturated heterocycles. The zero-order valence-corrected chi connectivity index (χ0v) is 13.8. The maximum Gasteiger partial charge on any atom is 0.262 e. The van der Waals surface area contributed by atoms with Crippen molar-refractivity contribution >= 4 is 21.6 Å². The predicted molar refractivity (Wildman–Crippen MR) is 87.9 cm³/mol. The Hall–Kier alpha value is -2.45. The van der Waals surface area contributed by atoms with Gasteiger partial charge in [0.05, 0.1) is 17.2 Å². The van der Waals surface area contributed by atoms with Crippen LogP contribution in [0, 0.1) is 5.82 Å². The molecule has 24 heavy (non-hydrogen) atoms. The molecule has 8 heteroatoms. The molecule has 1 amide bonds. The van der Waals surface area contributed by atoms with E-state index >= 15 is 0 Å². The van der Waals surface area contributed by atoms with E-state index in [1.807, 2.05) is 0 Å². The van der Waals surface area contributed by atoms with Crippen LogP contribution in [0.1, 0.15) is 10.4 Å². The number of anilines is 1. The summed E-state index contributed by atoms with van der Waals surface area (Å²) in [4.78, 5) is 11.8. The van der Waals surface area contributed by atoms with Crippen LogP contribution in [0.25, 0.3) is 0 Å². The minimum Gasteiger partial charge on any atom is -0.383 e. The first-order valence-corrected chi connectivity index (χ1v) is 8.57. The van der Waals surface area contributed by atoms with Gasteiger partial charge in [-0.25, -0.2) is 12.8 Å². The van der Waals surface area contributed by atoms with Crippen molar-refractivity contribution in [2.24, 2.45) is 0 Å². The summed E-state index contributed by atoms with van der Waals surface area (Å²) < 4.78 is 45.3. The average molecular weight is 352 g/mol. The summed E-state index contributed by atoms with van der Waals surface area (Å²) in [6.07, 6.45) is 0. The first-order chi connectivity index (χ1) is 11.4. The molecule has 0 bridgehead atoms. The summed E-state index contributed by atoms with van der Waals surface area (Å²) in [6.45, 7) is 0.651. The lowest BCUT2D eigenvalue weighted by Gasteiger charge is -2.10. The molecule has 0 aromatic heterocycles. The van der Waals surface area contributed by atoms with E-state index in [4.69, 9.17) is 4.74 Å². The number of amides is 1. The fourth-order valence-corrected chi connectivity index (χ4v) is 3.03. The molecule has 0 heterocycles. The van der Waals surface area contributed by atoms with Gasteiger partial charge in [-0.05, 0) is 30.3 Å². The first kappa shape index (κ1) is 17.9. The van der Waals surface area contributed by atoms with Crippen molar-refractivity contribution in [1.29, 1.82) is 0 Å². The minimum absolute atomic E-state index is 0.134. The van der Waals surface area contributed by atoms with Gasteiger partial charge in [0.1, 0.15) is 5.82 Å². The number of hydrogen-bond donors (Lipinski definition) is 2. The maximum absolute atomic E-state index is 13.6. The van der Waals surface area contributed by atoms with Gasteiger partial charge in [0.15, 0.2) is 0 Å².